The summed E-state index contributed by atoms with van der Waals surface area (Å²) in [6.45, 7) is 1.72. The van der Waals surface area contributed by atoms with E-state index in [9.17, 15) is 8.78 Å². The molecule has 80 valence electrons. The van der Waals surface area contributed by atoms with Crippen LogP contribution in [0.2, 0.25) is 0 Å². The maximum atomic E-state index is 13.5. The Hall–Kier alpha value is -1.22. The molecule has 0 aromatic heterocycles. The first-order valence-electron chi connectivity index (χ1n) is 5.12. The maximum absolute atomic E-state index is 13.5. The highest BCUT2D eigenvalue weighted by Gasteiger charge is 2.10. The second-order valence-electron chi connectivity index (χ2n) is 3.64. The van der Waals surface area contributed by atoms with Gasteiger partial charge in [0.05, 0.1) is 0 Å². The van der Waals surface area contributed by atoms with Gasteiger partial charge in [-0.1, -0.05) is 6.08 Å². The third kappa shape index (κ3) is 2.42. The molecular weight excluding hydrogens is 196 g/mol. The number of rotatable bonds is 1. The Bertz CT molecular complexity index is 385. The number of hydrogen-bond donors (Lipinski definition) is 1. The lowest BCUT2D eigenvalue weighted by Crippen LogP contribution is -2.13. The van der Waals surface area contributed by atoms with E-state index in [-0.39, 0.29) is 11.6 Å². The van der Waals surface area contributed by atoms with Crippen molar-refractivity contribution in [1.29, 1.82) is 0 Å². The van der Waals surface area contributed by atoms with Gasteiger partial charge >= 0.3 is 0 Å². The van der Waals surface area contributed by atoms with Gasteiger partial charge in [0, 0.05) is 5.56 Å². The molecule has 0 aliphatic carbocycles. The Labute approximate surface area is 87.8 Å². The van der Waals surface area contributed by atoms with Gasteiger partial charge in [-0.05, 0) is 49.7 Å². The minimum absolute atomic E-state index is 0.343. The molecule has 0 spiro atoms. The Kier molecular flexibility index (Phi) is 3.11. The van der Waals surface area contributed by atoms with E-state index < -0.39 is 0 Å². The largest absolute Gasteiger partial charge is 0.316 e. The van der Waals surface area contributed by atoms with Crippen molar-refractivity contribution in [2.75, 3.05) is 13.1 Å². The zero-order valence-corrected chi connectivity index (χ0v) is 8.39. The third-order valence-electron chi connectivity index (χ3n) is 2.56. The van der Waals surface area contributed by atoms with Crippen molar-refractivity contribution in [3.8, 4) is 0 Å². The van der Waals surface area contributed by atoms with Crippen molar-refractivity contribution in [3.05, 3.63) is 41.5 Å². The van der Waals surface area contributed by atoms with E-state index in [1.54, 1.807) is 0 Å². The monoisotopic (exact) mass is 209 g/mol. The summed E-state index contributed by atoms with van der Waals surface area (Å²) in [5, 5.41) is 3.21. The first-order chi connectivity index (χ1) is 7.27. The van der Waals surface area contributed by atoms with Gasteiger partial charge in [0.2, 0.25) is 0 Å². The fourth-order valence-corrected chi connectivity index (χ4v) is 1.79. The fourth-order valence-electron chi connectivity index (χ4n) is 1.79. The molecule has 2 rings (SSSR count). The van der Waals surface area contributed by atoms with Crippen LogP contribution < -0.4 is 5.32 Å². The molecule has 1 nitrogen and oxygen atoms in total. The summed E-state index contributed by atoms with van der Waals surface area (Å²) in [7, 11) is 0. The molecule has 0 amide bonds. The lowest BCUT2D eigenvalue weighted by Gasteiger charge is -2.07. The standard InChI is InChI=1S/C12H13F2N/c13-10-3-4-12(14)11(8-10)9-2-1-6-15-7-5-9/h2-4,8,15H,1,5-7H2. The van der Waals surface area contributed by atoms with Crippen molar-refractivity contribution < 1.29 is 8.78 Å². The summed E-state index contributed by atoms with van der Waals surface area (Å²) in [5.41, 5.74) is 1.30. The molecule has 0 saturated carbocycles. The second-order valence-corrected chi connectivity index (χ2v) is 3.64. The molecule has 15 heavy (non-hydrogen) atoms. The highest BCUT2D eigenvalue weighted by atomic mass is 19.1. The molecule has 0 unspecified atom stereocenters. The van der Waals surface area contributed by atoms with Crippen LogP contribution in [0.3, 0.4) is 0 Å². The summed E-state index contributed by atoms with van der Waals surface area (Å²) >= 11 is 0. The molecule has 0 atom stereocenters. The molecule has 0 radical (unpaired) electrons. The first-order valence-corrected chi connectivity index (χ1v) is 5.12. The van der Waals surface area contributed by atoms with Gasteiger partial charge in [-0.3, -0.25) is 0 Å². The fraction of sp³-hybridized carbons (Fsp3) is 0.333. The van der Waals surface area contributed by atoms with Crippen molar-refractivity contribution in [3.63, 3.8) is 0 Å². The lowest BCUT2D eigenvalue weighted by molar-refractivity contribution is 0.596. The SMILES string of the molecule is Fc1ccc(F)c(C2=CCCNCC2)c1. The van der Waals surface area contributed by atoms with Crippen LogP contribution >= 0.6 is 0 Å². The van der Waals surface area contributed by atoms with Crippen molar-refractivity contribution in [2.45, 2.75) is 12.8 Å². The van der Waals surface area contributed by atoms with Crippen LogP contribution in [0, 0.1) is 11.6 Å². The zero-order chi connectivity index (χ0) is 10.7. The Morgan fingerprint density at radius 3 is 2.87 bits per heavy atom. The van der Waals surface area contributed by atoms with Gasteiger partial charge in [0.1, 0.15) is 11.6 Å². The van der Waals surface area contributed by atoms with E-state index in [0.717, 1.165) is 37.6 Å². The normalized spacial score (nSPS) is 17.1. The molecule has 0 fully saturated rings. The maximum Gasteiger partial charge on any atom is 0.130 e. The zero-order valence-electron chi connectivity index (χ0n) is 8.39. The van der Waals surface area contributed by atoms with Crippen molar-refractivity contribution >= 4 is 5.57 Å². The Morgan fingerprint density at radius 2 is 2.00 bits per heavy atom. The second kappa shape index (κ2) is 4.53. The lowest BCUT2D eigenvalue weighted by atomic mass is 10.0. The van der Waals surface area contributed by atoms with Crippen LogP contribution in [0.4, 0.5) is 8.78 Å². The predicted octanol–water partition coefficient (Wildman–Crippen LogP) is 2.73. The molecule has 1 aromatic carbocycles. The highest BCUT2D eigenvalue weighted by Crippen LogP contribution is 2.23. The molecule has 0 saturated heterocycles. The van der Waals surface area contributed by atoms with Gasteiger partial charge < -0.3 is 5.32 Å². The minimum Gasteiger partial charge on any atom is -0.316 e. The number of benzene rings is 1. The molecular formula is C12H13F2N. The summed E-state index contributed by atoms with van der Waals surface area (Å²) in [6.07, 6.45) is 3.60. The van der Waals surface area contributed by atoms with E-state index in [1.807, 2.05) is 6.08 Å². The number of hydrogen-bond acceptors (Lipinski definition) is 1. The van der Waals surface area contributed by atoms with Gasteiger partial charge in [-0.25, -0.2) is 8.78 Å². The number of halogens is 2. The van der Waals surface area contributed by atoms with Crippen LogP contribution in [-0.2, 0) is 0 Å². The topological polar surface area (TPSA) is 12.0 Å². The van der Waals surface area contributed by atoms with Gasteiger partial charge in [0.25, 0.3) is 0 Å². The van der Waals surface area contributed by atoms with E-state index in [0.29, 0.717) is 5.56 Å². The van der Waals surface area contributed by atoms with E-state index in [4.69, 9.17) is 0 Å². The molecule has 1 aliphatic rings. The molecule has 1 heterocycles. The summed E-state index contributed by atoms with van der Waals surface area (Å²) in [6, 6.07) is 3.60. The molecule has 1 aromatic rings. The summed E-state index contributed by atoms with van der Waals surface area (Å²) in [5.74, 6) is -0.728. The summed E-state index contributed by atoms with van der Waals surface area (Å²) in [4.78, 5) is 0. The minimum atomic E-state index is -0.385. The van der Waals surface area contributed by atoms with Crippen LogP contribution in [0.1, 0.15) is 18.4 Å². The van der Waals surface area contributed by atoms with E-state index >= 15 is 0 Å². The number of nitrogens with one attached hydrogen (secondary N) is 1. The van der Waals surface area contributed by atoms with E-state index in [1.165, 1.54) is 12.1 Å². The highest BCUT2D eigenvalue weighted by molar-refractivity contribution is 5.66. The van der Waals surface area contributed by atoms with Crippen molar-refractivity contribution in [2.24, 2.45) is 0 Å². The Morgan fingerprint density at radius 1 is 1.13 bits per heavy atom. The quantitative estimate of drug-likeness (QED) is 0.749. The van der Waals surface area contributed by atoms with Crippen molar-refractivity contribution in [1.82, 2.24) is 5.32 Å². The van der Waals surface area contributed by atoms with Gasteiger partial charge in [0.15, 0.2) is 0 Å². The average molecular weight is 209 g/mol. The first kappa shape index (κ1) is 10.3. The molecule has 0 bridgehead atoms. The molecule has 3 heteroatoms. The van der Waals surface area contributed by atoms with E-state index in [2.05, 4.69) is 5.32 Å². The van der Waals surface area contributed by atoms with Crippen LogP contribution in [0.25, 0.3) is 5.57 Å². The third-order valence-corrected chi connectivity index (χ3v) is 2.56. The van der Waals surface area contributed by atoms with Crippen LogP contribution in [-0.4, -0.2) is 13.1 Å². The smallest absolute Gasteiger partial charge is 0.130 e. The van der Waals surface area contributed by atoms with Crippen LogP contribution in [0.15, 0.2) is 24.3 Å². The summed E-state index contributed by atoms with van der Waals surface area (Å²) < 4.78 is 26.5. The van der Waals surface area contributed by atoms with Gasteiger partial charge in [-0.2, -0.15) is 0 Å². The van der Waals surface area contributed by atoms with Gasteiger partial charge in [-0.15, -0.1) is 0 Å². The van der Waals surface area contributed by atoms with Crippen LogP contribution in [0.5, 0.6) is 0 Å². The molecule has 1 aliphatic heterocycles. The predicted molar refractivity (Wildman–Crippen MR) is 56.4 cm³/mol. The molecule has 1 N–H and O–H groups in total. The Balaban J connectivity index is 2.34. The average Bonchev–Trinajstić information content (AvgIpc) is 2.50.